The maximum atomic E-state index is 9.21. The van der Waals surface area contributed by atoms with Crippen molar-refractivity contribution in [1.82, 2.24) is 9.55 Å². The lowest BCUT2D eigenvalue weighted by Crippen LogP contribution is -2.09. The van der Waals surface area contributed by atoms with Crippen LogP contribution in [-0.2, 0) is 0 Å². The van der Waals surface area contributed by atoms with E-state index in [1.54, 1.807) is 0 Å². The van der Waals surface area contributed by atoms with Crippen molar-refractivity contribution in [1.29, 1.82) is 5.26 Å². The summed E-state index contributed by atoms with van der Waals surface area (Å²) in [7, 11) is 0. The number of para-hydroxylation sites is 1. The van der Waals surface area contributed by atoms with E-state index in [2.05, 4.69) is 35.5 Å². The van der Waals surface area contributed by atoms with Crippen LogP contribution in [0.3, 0.4) is 0 Å². The second kappa shape index (κ2) is 6.71. The van der Waals surface area contributed by atoms with Gasteiger partial charge in [-0.15, -0.1) is 0 Å². The molecule has 0 fully saturated rings. The summed E-state index contributed by atoms with van der Waals surface area (Å²) in [5.74, 6) is 0. The molecule has 0 aliphatic heterocycles. The number of nitriles is 1. The van der Waals surface area contributed by atoms with Crippen LogP contribution in [0.5, 0.6) is 0 Å². The van der Waals surface area contributed by atoms with Crippen LogP contribution in [0.4, 0.5) is 0 Å². The monoisotopic (exact) mass is 287 g/mol. The predicted molar refractivity (Wildman–Crippen MR) is 85.3 cm³/mol. The van der Waals surface area contributed by atoms with E-state index >= 15 is 0 Å². The van der Waals surface area contributed by atoms with Crippen LogP contribution >= 0.6 is 12.2 Å². The zero-order chi connectivity index (χ0) is 14.5. The van der Waals surface area contributed by atoms with E-state index in [1.165, 1.54) is 12.8 Å². The van der Waals surface area contributed by atoms with E-state index in [1.807, 2.05) is 12.1 Å². The number of hydrogen-bond donors (Lipinski definition) is 1. The van der Waals surface area contributed by atoms with Gasteiger partial charge < -0.3 is 9.55 Å². The SMILES string of the molecule is CCCCC(CCC)n1c(=S)[nH]c2c(C#N)cccc21. The maximum absolute atomic E-state index is 9.21. The van der Waals surface area contributed by atoms with Gasteiger partial charge in [0.2, 0.25) is 0 Å². The lowest BCUT2D eigenvalue weighted by molar-refractivity contribution is 0.422. The Bertz CT molecular complexity index is 675. The molecule has 0 saturated heterocycles. The first-order valence-corrected chi connectivity index (χ1v) is 7.77. The standard InChI is InChI=1S/C16H21N3S/c1-3-5-9-13(7-4-2)19-14-10-6-8-12(11-17)15(14)18-16(19)20/h6,8,10,13H,3-5,7,9H2,1-2H3,(H,18,20). The average Bonchev–Trinajstić information content (AvgIpc) is 2.79. The van der Waals surface area contributed by atoms with E-state index in [-0.39, 0.29) is 0 Å². The molecule has 2 aromatic rings. The second-order valence-electron chi connectivity index (χ2n) is 5.20. The van der Waals surface area contributed by atoms with Gasteiger partial charge in [-0.25, -0.2) is 0 Å². The number of fused-ring (bicyclic) bond motifs is 1. The third kappa shape index (κ3) is 2.78. The highest BCUT2D eigenvalue weighted by atomic mass is 32.1. The van der Waals surface area contributed by atoms with Crippen molar-refractivity contribution in [3.05, 3.63) is 28.5 Å². The first-order chi connectivity index (χ1) is 9.72. The maximum Gasteiger partial charge on any atom is 0.178 e. The summed E-state index contributed by atoms with van der Waals surface area (Å²) in [5.41, 5.74) is 2.60. The molecular weight excluding hydrogens is 266 g/mol. The van der Waals surface area contributed by atoms with Gasteiger partial charge in [0.25, 0.3) is 0 Å². The van der Waals surface area contributed by atoms with Crippen LogP contribution in [0.1, 0.15) is 57.6 Å². The smallest absolute Gasteiger partial charge is 0.178 e. The summed E-state index contributed by atoms with van der Waals surface area (Å²) in [6, 6.07) is 8.48. The van der Waals surface area contributed by atoms with Gasteiger partial charge in [-0.1, -0.05) is 39.2 Å². The van der Waals surface area contributed by atoms with E-state index in [4.69, 9.17) is 12.2 Å². The lowest BCUT2D eigenvalue weighted by Gasteiger charge is -2.18. The first kappa shape index (κ1) is 14.8. The summed E-state index contributed by atoms with van der Waals surface area (Å²) in [6.45, 7) is 4.42. The number of aromatic amines is 1. The molecule has 106 valence electrons. The molecule has 1 N–H and O–H groups in total. The van der Waals surface area contributed by atoms with Gasteiger partial charge in [-0.3, -0.25) is 0 Å². The van der Waals surface area contributed by atoms with E-state index in [0.717, 1.165) is 35.1 Å². The number of unbranched alkanes of at least 4 members (excludes halogenated alkanes) is 1. The molecule has 1 unspecified atom stereocenters. The van der Waals surface area contributed by atoms with Gasteiger partial charge in [-0.2, -0.15) is 5.26 Å². The summed E-state index contributed by atoms with van der Waals surface area (Å²) < 4.78 is 2.95. The zero-order valence-corrected chi connectivity index (χ0v) is 13.0. The molecule has 1 heterocycles. The van der Waals surface area contributed by atoms with Gasteiger partial charge >= 0.3 is 0 Å². The van der Waals surface area contributed by atoms with Crippen molar-refractivity contribution in [2.45, 2.75) is 52.0 Å². The largest absolute Gasteiger partial charge is 0.329 e. The van der Waals surface area contributed by atoms with Crippen LogP contribution in [-0.4, -0.2) is 9.55 Å². The van der Waals surface area contributed by atoms with Crippen LogP contribution in [0.15, 0.2) is 18.2 Å². The van der Waals surface area contributed by atoms with Crippen LogP contribution in [0.2, 0.25) is 0 Å². The number of hydrogen-bond acceptors (Lipinski definition) is 2. The quantitative estimate of drug-likeness (QED) is 0.751. The Morgan fingerprint density at radius 1 is 1.30 bits per heavy atom. The van der Waals surface area contributed by atoms with Crippen LogP contribution in [0.25, 0.3) is 11.0 Å². The Morgan fingerprint density at radius 2 is 2.10 bits per heavy atom. The number of nitrogens with one attached hydrogen (secondary N) is 1. The lowest BCUT2D eigenvalue weighted by atomic mass is 10.0. The fraction of sp³-hybridized carbons (Fsp3) is 0.500. The Morgan fingerprint density at radius 3 is 2.75 bits per heavy atom. The highest BCUT2D eigenvalue weighted by Crippen LogP contribution is 2.27. The van der Waals surface area contributed by atoms with E-state index < -0.39 is 0 Å². The van der Waals surface area contributed by atoms with Gasteiger partial charge in [0, 0.05) is 6.04 Å². The molecule has 20 heavy (non-hydrogen) atoms. The molecule has 0 amide bonds. The van der Waals surface area contributed by atoms with Crippen LogP contribution in [0, 0.1) is 16.1 Å². The summed E-state index contributed by atoms with van der Waals surface area (Å²) in [4.78, 5) is 3.22. The van der Waals surface area contributed by atoms with Crippen molar-refractivity contribution in [3.63, 3.8) is 0 Å². The number of benzene rings is 1. The molecule has 0 aliphatic carbocycles. The fourth-order valence-corrected chi connectivity index (χ4v) is 3.13. The van der Waals surface area contributed by atoms with Gasteiger partial charge in [0.1, 0.15) is 6.07 Å². The molecule has 1 aromatic carbocycles. The molecular formula is C16H21N3S. The molecule has 1 aromatic heterocycles. The Hall–Kier alpha value is -1.60. The number of H-pyrrole nitrogens is 1. The van der Waals surface area contributed by atoms with Crippen molar-refractivity contribution >= 4 is 23.3 Å². The molecule has 2 rings (SSSR count). The fourth-order valence-electron chi connectivity index (χ4n) is 2.78. The zero-order valence-electron chi connectivity index (χ0n) is 12.1. The molecule has 0 spiro atoms. The van der Waals surface area contributed by atoms with E-state index in [0.29, 0.717) is 11.6 Å². The average molecular weight is 287 g/mol. The molecule has 0 radical (unpaired) electrons. The molecule has 0 bridgehead atoms. The minimum Gasteiger partial charge on any atom is -0.329 e. The van der Waals surface area contributed by atoms with Crippen LogP contribution < -0.4 is 0 Å². The van der Waals surface area contributed by atoms with Gasteiger partial charge in [-0.05, 0) is 37.2 Å². The van der Waals surface area contributed by atoms with Gasteiger partial charge in [0.15, 0.2) is 4.77 Å². The third-order valence-electron chi connectivity index (χ3n) is 3.75. The minimum absolute atomic E-state index is 0.426. The Kier molecular flexibility index (Phi) is 4.97. The molecule has 4 heteroatoms. The van der Waals surface area contributed by atoms with Crippen molar-refractivity contribution in [3.8, 4) is 6.07 Å². The summed E-state index contributed by atoms with van der Waals surface area (Å²) in [5, 5.41) is 9.21. The second-order valence-corrected chi connectivity index (χ2v) is 5.58. The number of nitrogens with zero attached hydrogens (tertiary/aromatic N) is 2. The molecule has 0 aliphatic rings. The Balaban J connectivity index is 2.54. The third-order valence-corrected chi connectivity index (χ3v) is 4.05. The van der Waals surface area contributed by atoms with Crippen molar-refractivity contribution in [2.75, 3.05) is 0 Å². The van der Waals surface area contributed by atoms with E-state index in [9.17, 15) is 5.26 Å². The first-order valence-electron chi connectivity index (χ1n) is 7.36. The number of rotatable bonds is 6. The molecule has 1 atom stereocenters. The number of aromatic nitrogens is 2. The highest BCUT2D eigenvalue weighted by Gasteiger charge is 2.15. The normalized spacial score (nSPS) is 12.4. The molecule has 0 saturated carbocycles. The summed E-state index contributed by atoms with van der Waals surface area (Å²) >= 11 is 5.50. The molecule has 3 nitrogen and oxygen atoms in total. The Labute approximate surface area is 125 Å². The topological polar surface area (TPSA) is 44.5 Å². The number of imidazole rings is 1. The van der Waals surface area contributed by atoms with Crippen molar-refractivity contribution < 1.29 is 0 Å². The van der Waals surface area contributed by atoms with Crippen molar-refractivity contribution in [2.24, 2.45) is 0 Å². The predicted octanol–water partition coefficient (Wildman–Crippen LogP) is 5.10. The van der Waals surface area contributed by atoms with Gasteiger partial charge in [0.05, 0.1) is 16.6 Å². The minimum atomic E-state index is 0.426. The summed E-state index contributed by atoms with van der Waals surface area (Å²) in [6.07, 6.45) is 5.80. The highest BCUT2D eigenvalue weighted by molar-refractivity contribution is 7.71.